The average molecular weight is 340 g/mol. The molecular formula is C18H24N6O. The summed E-state index contributed by atoms with van der Waals surface area (Å²) in [6.07, 6.45) is 5.21. The van der Waals surface area contributed by atoms with Crippen LogP contribution in [0.4, 0.5) is 5.69 Å². The van der Waals surface area contributed by atoms with Crippen molar-refractivity contribution in [2.45, 2.75) is 18.9 Å². The summed E-state index contributed by atoms with van der Waals surface area (Å²) < 4.78 is 1.80. The number of aromatic nitrogens is 2. The number of guanidine groups is 1. The lowest BCUT2D eigenvalue weighted by Crippen LogP contribution is -2.45. The second-order valence-electron chi connectivity index (χ2n) is 6.16. The number of benzene rings is 1. The zero-order valence-corrected chi connectivity index (χ0v) is 14.6. The van der Waals surface area contributed by atoms with Gasteiger partial charge >= 0.3 is 0 Å². The van der Waals surface area contributed by atoms with Crippen LogP contribution in [0.1, 0.15) is 12.0 Å². The van der Waals surface area contributed by atoms with Crippen LogP contribution in [0, 0.1) is 0 Å². The van der Waals surface area contributed by atoms with Crippen LogP contribution >= 0.6 is 0 Å². The lowest BCUT2D eigenvalue weighted by atomic mass is 10.2. The van der Waals surface area contributed by atoms with E-state index in [-0.39, 0.29) is 11.9 Å². The second kappa shape index (κ2) is 7.83. The number of anilines is 1. The highest BCUT2D eigenvalue weighted by atomic mass is 16.2. The summed E-state index contributed by atoms with van der Waals surface area (Å²) >= 11 is 0. The Hall–Kier alpha value is -2.83. The Morgan fingerprint density at radius 3 is 2.84 bits per heavy atom. The minimum Gasteiger partial charge on any atom is -0.356 e. The van der Waals surface area contributed by atoms with Gasteiger partial charge in [0.05, 0.1) is 12.2 Å². The number of hydrogen-bond donors (Lipinski definition) is 2. The molecule has 0 saturated carbocycles. The third-order valence-corrected chi connectivity index (χ3v) is 4.22. The zero-order chi connectivity index (χ0) is 17.6. The predicted octanol–water partition coefficient (Wildman–Crippen LogP) is 0.933. The fraction of sp³-hybridized carbons (Fsp3) is 0.389. The van der Waals surface area contributed by atoms with Crippen LogP contribution in [0.25, 0.3) is 0 Å². The van der Waals surface area contributed by atoms with Crippen molar-refractivity contribution >= 4 is 17.6 Å². The summed E-state index contributed by atoms with van der Waals surface area (Å²) in [6.45, 7) is 1.40. The molecule has 2 N–H and O–H groups in total. The Balaban J connectivity index is 1.50. The van der Waals surface area contributed by atoms with Gasteiger partial charge in [-0.2, -0.15) is 5.10 Å². The molecule has 0 bridgehead atoms. The quantitative estimate of drug-likeness (QED) is 0.627. The Morgan fingerprint density at radius 1 is 1.36 bits per heavy atom. The predicted molar refractivity (Wildman–Crippen MR) is 98.6 cm³/mol. The summed E-state index contributed by atoms with van der Waals surface area (Å²) in [5.41, 5.74) is 2.12. The van der Waals surface area contributed by atoms with Crippen LogP contribution in [0.15, 0.2) is 47.7 Å². The van der Waals surface area contributed by atoms with Gasteiger partial charge in [-0.1, -0.05) is 18.2 Å². The maximum Gasteiger partial charge on any atom is 0.229 e. The molecule has 1 unspecified atom stereocenters. The van der Waals surface area contributed by atoms with Gasteiger partial charge < -0.3 is 15.5 Å². The summed E-state index contributed by atoms with van der Waals surface area (Å²) in [5.74, 6) is 0.853. The first-order valence-corrected chi connectivity index (χ1v) is 8.46. The number of aliphatic imine (C=N–C) groups is 1. The average Bonchev–Trinajstić information content (AvgIpc) is 3.20. The maximum absolute atomic E-state index is 12.3. The van der Waals surface area contributed by atoms with E-state index in [0.29, 0.717) is 13.0 Å². The van der Waals surface area contributed by atoms with Crippen molar-refractivity contribution in [2.75, 3.05) is 25.0 Å². The summed E-state index contributed by atoms with van der Waals surface area (Å²) in [5, 5.41) is 10.8. The SMILES string of the molecule is CN=C(NCCc1cnn(C)c1)NC1CC(=O)N(c2ccccc2)C1. The van der Waals surface area contributed by atoms with E-state index in [1.807, 2.05) is 54.7 Å². The molecule has 7 heteroatoms. The highest BCUT2D eigenvalue weighted by Gasteiger charge is 2.30. The Labute approximate surface area is 147 Å². The van der Waals surface area contributed by atoms with Gasteiger partial charge in [0.25, 0.3) is 0 Å². The van der Waals surface area contributed by atoms with Crippen LogP contribution < -0.4 is 15.5 Å². The Morgan fingerprint density at radius 2 is 2.16 bits per heavy atom. The summed E-state index contributed by atoms with van der Waals surface area (Å²) in [7, 11) is 3.65. The largest absolute Gasteiger partial charge is 0.356 e. The van der Waals surface area contributed by atoms with Gasteiger partial charge in [0.15, 0.2) is 5.96 Å². The Bertz CT molecular complexity index is 739. The van der Waals surface area contributed by atoms with Gasteiger partial charge in [0.1, 0.15) is 0 Å². The normalized spacial score (nSPS) is 17.8. The van der Waals surface area contributed by atoms with Crippen LogP contribution in [-0.2, 0) is 18.3 Å². The van der Waals surface area contributed by atoms with E-state index in [9.17, 15) is 4.79 Å². The summed E-state index contributed by atoms with van der Waals surface area (Å²) in [6, 6.07) is 9.82. The van der Waals surface area contributed by atoms with Gasteiger partial charge in [-0.3, -0.25) is 14.5 Å². The molecule has 1 amide bonds. The molecule has 2 heterocycles. The van der Waals surface area contributed by atoms with E-state index in [2.05, 4.69) is 20.7 Å². The molecule has 1 aliphatic heterocycles. The first-order chi connectivity index (χ1) is 12.2. The molecule has 3 rings (SSSR count). The molecule has 2 aromatic rings. The van der Waals surface area contributed by atoms with Crippen LogP contribution in [0.3, 0.4) is 0 Å². The lowest BCUT2D eigenvalue weighted by molar-refractivity contribution is -0.117. The molecule has 1 saturated heterocycles. The standard InChI is InChI=1S/C18H24N6O/c1-19-18(20-9-8-14-11-21-23(2)12-14)22-15-10-17(25)24(13-15)16-6-4-3-5-7-16/h3-7,11-12,15H,8-10,13H2,1-2H3,(H2,19,20,22). The fourth-order valence-corrected chi connectivity index (χ4v) is 2.98. The van der Waals surface area contributed by atoms with Crippen LogP contribution in [-0.4, -0.2) is 47.8 Å². The van der Waals surface area contributed by atoms with Crippen molar-refractivity contribution in [3.63, 3.8) is 0 Å². The molecule has 1 fully saturated rings. The van der Waals surface area contributed by atoms with Crippen molar-refractivity contribution < 1.29 is 4.79 Å². The van der Waals surface area contributed by atoms with E-state index in [1.165, 1.54) is 5.56 Å². The van der Waals surface area contributed by atoms with E-state index in [1.54, 1.807) is 11.7 Å². The number of rotatable bonds is 5. The van der Waals surface area contributed by atoms with E-state index < -0.39 is 0 Å². The Kier molecular flexibility index (Phi) is 5.33. The molecule has 1 aliphatic rings. The van der Waals surface area contributed by atoms with Crippen molar-refractivity contribution in [3.8, 4) is 0 Å². The molecule has 25 heavy (non-hydrogen) atoms. The number of carbonyl (C=O) groups is 1. The second-order valence-corrected chi connectivity index (χ2v) is 6.16. The summed E-state index contributed by atoms with van der Waals surface area (Å²) in [4.78, 5) is 18.3. The highest BCUT2D eigenvalue weighted by Crippen LogP contribution is 2.20. The number of amides is 1. The van der Waals surface area contributed by atoms with E-state index >= 15 is 0 Å². The van der Waals surface area contributed by atoms with Crippen molar-refractivity contribution in [1.82, 2.24) is 20.4 Å². The van der Waals surface area contributed by atoms with E-state index in [4.69, 9.17) is 0 Å². The molecule has 1 atom stereocenters. The van der Waals surface area contributed by atoms with Gasteiger partial charge in [0, 0.05) is 45.5 Å². The monoisotopic (exact) mass is 340 g/mol. The molecule has 1 aromatic heterocycles. The molecular weight excluding hydrogens is 316 g/mol. The number of para-hydroxylation sites is 1. The smallest absolute Gasteiger partial charge is 0.229 e. The van der Waals surface area contributed by atoms with Crippen LogP contribution in [0.5, 0.6) is 0 Å². The minimum atomic E-state index is 0.0531. The van der Waals surface area contributed by atoms with Crippen molar-refractivity contribution in [3.05, 3.63) is 48.3 Å². The lowest BCUT2D eigenvalue weighted by Gasteiger charge is -2.19. The molecule has 1 aromatic carbocycles. The van der Waals surface area contributed by atoms with Gasteiger partial charge in [0.2, 0.25) is 5.91 Å². The minimum absolute atomic E-state index is 0.0531. The molecule has 0 radical (unpaired) electrons. The third kappa shape index (κ3) is 4.37. The van der Waals surface area contributed by atoms with E-state index in [0.717, 1.165) is 24.6 Å². The molecule has 0 aliphatic carbocycles. The fourth-order valence-electron chi connectivity index (χ4n) is 2.98. The number of nitrogens with one attached hydrogen (secondary N) is 2. The maximum atomic E-state index is 12.3. The molecule has 132 valence electrons. The zero-order valence-electron chi connectivity index (χ0n) is 14.6. The number of hydrogen-bond acceptors (Lipinski definition) is 3. The topological polar surface area (TPSA) is 74.5 Å². The first kappa shape index (κ1) is 17.0. The number of aryl methyl sites for hydroxylation is 1. The molecule has 7 nitrogen and oxygen atoms in total. The van der Waals surface area contributed by atoms with Crippen LogP contribution in [0.2, 0.25) is 0 Å². The van der Waals surface area contributed by atoms with Gasteiger partial charge in [-0.05, 0) is 24.1 Å². The van der Waals surface area contributed by atoms with Crippen molar-refractivity contribution in [1.29, 1.82) is 0 Å². The van der Waals surface area contributed by atoms with Gasteiger partial charge in [-0.25, -0.2) is 0 Å². The van der Waals surface area contributed by atoms with Crippen molar-refractivity contribution in [2.24, 2.45) is 12.0 Å². The number of carbonyl (C=O) groups excluding carboxylic acids is 1. The first-order valence-electron chi connectivity index (χ1n) is 8.46. The molecule has 0 spiro atoms. The third-order valence-electron chi connectivity index (χ3n) is 4.22. The highest BCUT2D eigenvalue weighted by molar-refractivity contribution is 5.97. The van der Waals surface area contributed by atoms with Gasteiger partial charge in [-0.15, -0.1) is 0 Å². The number of nitrogens with zero attached hydrogens (tertiary/aromatic N) is 4.